The first-order valence-corrected chi connectivity index (χ1v) is 13.7. The van der Waals surface area contributed by atoms with Crippen LogP contribution in [0, 0.1) is 23.7 Å². The van der Waals surface area contributed by atoms with Crippen molar-refractivity contribution in [1.82, 2.24) is 0 Å². The van der Waals surface area contributed by atoms with Crippen molar-refractivity contribution < 1.29 is 29.0 Å². The second kappa shape index (κ2) is 9.13. The number of allylic oxidation sites excluding steroid dienone is 7. The monoisotopic (exact) mass is 545 g/mol. The molecule has 41 heavy (non-hydrogen) atoms. The molecule has 2 aromatic rings. The summed E-state index contributed by atoms with van der Waals surface area (Å²) in [6.45, 7) is 5.40. The molecule has 0 bridgehead atoms. The van der Waals surface area contributed by atoms with Crippen LogP contribution in [-0.4, -0.2) is 28.5 Å². The highest BCUT2D eigenvalue weighted by atomic mass is 16.5. The number of benzene rings is 2. The van der Waals surface area contributed by atoms with Gasteiger partial charge in [0.2, 0.25) is 11.8 Å². The molecule has 2 heterocycles. The van der Waals surface area contributed by atoms with E-state index in [9.17, 15) is 24.3 Å². The smallest absolute Gasteiger partial charge is 0.238 e. The first-order chi connectivity index (χ1) is 19.8. The fourth-order valence-electron chi connectivity index (χ4n) is 7.21. The Hall–Kier alpha value is -4.78. The highest BCUT2D eigenvalue weighted by Gasteiger charge is 2.57. The van der Waals surface area contributed by atoms with Gasteiger partial charge in [-0.1, -0.05) is 36.4 Å². The average Bonchev–Trinajstić information content (AvgIpc) is 3.24. The second-order valence-corrected chi connectivity index (χ2v) is 11.3. The number of amides is 2. The Kier molecular flexibility index (Phi) is 5.61. The van der Waals surface area contributed by atoms with Gasteiger partial charge in [-0.2, -0.15) is 0 Å². The van der Waals surface area contributed by atoms with Crippen molar-refractivity contribution in [2.45, 2.75) is 26.2 Å². The molecule has 0 saturated carbocycles. The number of fused-ring (bicyclic) bond motifs is 4. The maximum atomic E-state index is 14.0. The number of aromatic hydroxyl groups is 1. The fourth-order valence-corrected chi connectivity index (χ4v) is 7.21. The molecular formula is C34H27NO6. The number of anilines is 1. The van der Waals surface area contributed by atoms with E-state index in [0.29, 0.717) is 41.0 Å². The van der Waals surface area contributed by atoms with Gasteiger partial charge in [-0.25, -0.2) is 0 Å². The third-order valence-electron chi connectivity index (χ3n) is 9.10. The highest BCUT2D eigenvalue weighted by molar-refractivity contribution is 6.24. The molecule has 1 saturated heterocycles. The fraction of sp³-hybridized carbons (Fsp3) is 0.235. The molecule has 2 aromatic carbocycles. The zero-order valence-corrected chi connectivity index (χ0v) is 22.4. The number of carbonyl (C=O) groups is 4. The van der Waals surface area contributed by atoms with Crippen LogP contribution in [-0.2, 0) is 25.6 Å². The maximum absolute atomic E-state index is 14.0. The predicted octanol–water partition coefficient (Wildman–Crippen LogP) is 5.02. The number of ketones is 2. The lowest BCUT2D eigenvalue weighted by atomic mass is 9.58. The van der Waals surface area contributed by atoms with Crippen LogP contribution in [0.1, 0.15) is 30.9 Å². The number of carbonyl (C=O) groups excluding carboxylic acids is 4. The second-order valence-electron chi connectivity index (χ2n) is 11.3. The number of nitrogens with zero attached hydrogens (tertiary/aromatic N) is 1. The standard InChI is InChI=1S/C34H27NO6/c1-3-18-4-6-21(7-5-18)35-33(39)24-10-9-23-25(30(24)34(35)40)15-26-31(27(37)12-17(2)32(26)38)29(23)20-13-19-14-22(36)8-11-28(19)41-16-20/h3-9,11-12,14,16,24-25,29-30,36H,1,10,13,15H2,2H3. The third kappa shape index (κ3) is 3.72. The molecule has 7 heteroatoms. The lowest BCUT2D eigenvalue weighted by Gasteiger charge is -2.43. The summed E-state index contributed by atoms with van der Waals surface area (Å²) in [6, 6.07) is 12.0. The van der Waals surface area contributed by atoms with Gasteiger partial charge in [-0.15, -0.1) is 0 Å². The minimum absolute atomic E-state index is 0.105. The molecule has 2 aliphatic heterocycles. The summed E-state index contributed by atoms with van der Waals surface area (Å²) in [5, 5.41) is 10.1. The zero-order valence-electron chi connectivity index (χ0n) is 22.4. The van der Waals surface area contributed by atoms with Crippen molar-refractivity contribution in [3.63, 3.8) is 0 Å². The van der Waals surface area contributed by atoms with E-state index in [1.54, 1.807) is 49.6 Å². The topological polar surface area (TPSA) is 101 Å². The lowest BCUT2D eigenvalue weighted by molar-refractivity contribution is -0.123. The molecule has 1 N–H and O–H groups in total. The Morgan fingerprint density at radius 1 is 1.02 bits per heavy atom. The summed E-state index contributed by atoms with van der Waals surface area (Å²) in [5.74, 6) is -2.40. The van der Waals surface area contributed by atoms with E-state index in [2.05, 4.69) is 6.58 Å². The van der Waals surface area contributed by atoms with Crippen LogP contribution in [0.5, 0.6) is 11.5 Å². The van der Waals surface area contributed by atoms with E-state index in [1.807, 2.05) is 18.2 Å². The Morgan fingerprint density at radius 3 is 2.56 bits per heavy atom. The molecule has 0 radical (unpaired) electrons. The van der Waals surface area contributed by atoms with Crippen molar-refractivity contribution in [3.8, 4) is 11.5 Å². The Bertz CT molecular complexity index is 1720. The largest absolute Gasteiger partial charge is 0.508 e. The number of phenolic OH excluding ortho intramolecular Hbond substituents is 1. The van der Waals surface area contributed by atoms with Crippen LogP contribution in [0.25, 0.3) is 6.08 Å². The van der Waals surface area contributed by atoms with Crippen molar-refractivity contribution >= 4 is 35.1 Å². The molecule has 1 fully saturated rings. The summed E-state index contributed by atoms with van der Waals surface area (Å²) in [4.78, 5) is 55.9. The molecule has 0 aromatic heterocycles. The molecule has 0 spiro atoms. The van der Waals surface area contributed by atoms with Gasteiger partial charge < -0.3 is 9.84 Å². The Balaban J connectivity index is 1.32. The number of hydrogen-bond donors (Lipinski definition) is 1. The van der Waals surface area contributed by atoms with Crippen LogP contribution in [0.4, 0.5) is 5.69 Å². The molecule has 5 aliphatic rings. The minimum Gasteiger partial charge on any atom is -0.508 e. The summed E-state index contributed by atoms with van der Waals surface area (Å²) >= 11 is 0. The average molecular weight is 546 g/mol. The maximum Gasteiger partial charge on any atom is 0.238 e. The Morgan fingerprint density at radius 2 is 1.80 bits per heavy atom. The molecule has 7 rings (SSSR count). The zero-order chi connectivity index (χ0) is 28.6. The third-order valence-corrected chi connectivity index (χ3v) is 9.10. The quantitative estimate of drug-likeness (QED) is 0.330. The van der Waals surface area contributed by atoms with Crippen LogP contribution >= 0.6 is 0 Å². The predicted molar refractivity (Wildman–Crippen MR) is 152 cm³/mol. The molecule has 7 nitrogen and oxygen atoms in total. The number of hydrogen-bond acceptors (Lipinski definition) is 6. The number of imide groups is 1. The van der Waals surface area contributed by atoms with Gasteiger partial charge in [0.25, 0.3) is 0 Å². The van der Waals surface area contributed by atoms with Crippen molar-refractivity contribution in [2.75, 3.05) is 4.90 Å². The number of rotatable bonds is 3. The van der Waals surface area contributed by atoms with Crippen molar-refractivity contribution in [2.24, 2.45) is 23.7 Å². The highest BCUT2D eigenvalue weighted by Crippen LogP contribution is 2.55. The number of Topliss-reactive ketones (excluding diaryl/α,β-unsaturated/α-hetero) is 1. The summed E-state index contributed by atoms with van der Waals surface area (Å²) in [5.41, 5.74) is 5.02. The molecule has 4 atom stereocenters. The number of phenols is 1. The SMILES string of the molecule is C=Cc1ccc(N2C(=O)C3CC=C4C(C5=COc6ccc(O)cc6C5)C5=C(CC4C3C2=O)C(=O)C(C)=CC5=O)cc1. The van der Waals surface area contributed by atoms with Crippen LogP contribution in [0.3, 0.4) is 0 Å². The van der Waals surface area contributed by atoms with Crippen molar-refractivity contribution in [3.05, 3.63) is 106 Å². The first-order valence-electron chi connectivity index (χ1n) is 13.7. The first kappa shape index (κ1) is 25.2. The van der Waals surface area contributed by atoms with Crippen molar-refractivity contribution in [1.29, 1.82) is 0 Å². The van der Waals surface area contributed by atoms with Gasteiger partial charge >= 0.3 is 0 Å². The molecule has 4 unspecified atom stereocenters. The lowest BCUT2D eigenvalue weighted by Crippen LogP contribution is -2.41. The molecule has 3 aliphatic carbocycles. The number of ether oxygens (including phenoxy) is 1. The van der Waals surface area contributed by atoms with Gasteiger partial charge in [0.05, 0.1) is 23.8 Å². The van der Waals surface area contributed by atoms with Gasteiger partial charge in [0.15, 0.2) is 11.6 Å². The Labute approximate surface area is 236 Å². The normalized spacial score (nSPS) is 26.8. The van der Waals surface area contributed by atoms with Gasteiger partial charge in [0, 0.05) is 34.6 Å². The van der Waals surface area contributed by atoms with Crippen LogP contribution in [0.15, 0.2) is 95.3 Å². The summed E-state index contributed by atoms with van der Waals surface area (Å²) in [7, 11) is 0. The van der Waals surface area contributed by atoms with Gasteiger partial charge in [0.1, 0.15) is 11.5 Å². The van der Waals surface area contributed by atoms with Gasteiger partial charge in [-0.3, -0.25) is 24.1 Å². The van der Waals surface area contributed by atoms with E-state index in [4.69, 9.17) is 4.74 Å². The van der Waals surface area contributed by atoms with E-state index in [0.717, 1.165) is 22.3 Å². The van der Waals surface area contributed by atoms with E-state index in [1.165, 1.54) is 11.0 Å². The van der Waals surface area contributed by atoms with E-state index < -0.39 is 23.7 Å². The van der Waals surface area contributed by atoms with Gasteiger partial charge in [-0.05, 0) is 73.2 Å². The minimum atomic E-state index is -0.645. The summed E-state index contributed by atoms with van der Waals surface area (Å²) in [6.07, 6.45) is 7.71. The van der Waals surface area contributed by atoms with Crippen LogP contribution in [0.2, 0.25) is 0 Å². The van der Waals surface area contributed by atoms with E-state index in [-0.39, 0.29) is 35.6 Å². The van der Waals surface area contributed by atoms with Crippen LogP contribution < -0.4 is 9.64 Å². The summed E-state index contributed by atoms with van der Waals surface area (Å²) < 4.78 is 5.93. The van der Waals surface area contributed by atoms with E-state index >= 15 is 0 Å². The molecule has 2 amide bonds. The molecule has 204 valence electrons. The molecular weight excluding hydrogens is 518 g/mol.